The molecule has 3 rings (SSSR count). The number of ketones is 1. The van der Waals surface area contributed by atoms with E-state index in [9.17, 15) is 14.9 Å². The van der Waals surface area contributed by atoms with Crippen LogP contribution >= 0.6 is 0 Å². The Labute approximate surface area is 146 Å². The lowest BCUT2D eigenvalue weighted by Crippen LogP contribution is -2.32. The first-order chi connectivity index (χ1) is 12.1. The Morgan fingerprint density at radius 1 is 1.32 bits per heavy atom. The highest BCUT2D eigenvalue weighted by molar-refractivity contribution is 6.12. The molecule has 0 fully saturated rings. The second-order valence-electron chi connectivity index (χ2n) is 6.10. The van der Waals surface area contributed by atoms with Crippen molar-refractivity contribution in [3.8, 4) is 11.8 Å². The summed E-state index contributed by atoms with van der Waals surface area (Å²) in [6.07, 6.45) is 3.48. The lowest BCUT2D eigenvalue weighted by atomic mass is 9.99. The number of aryl methyl sites for hydroxylation is 1. The minimum Gasteiger partial charge on any atom is -0.358 e. The minimum absolute atomic E-state index is 0.252. The fraction of sp³-hybridized carbons (Fsp3) is 0.368. The molecule has 1 atom stereocenters. The Hall–Kier alpha value is -2.94. The molecule has 1 aromatic carbocycles. The largest absolute Gasteiger partial charge is 0.358 e. The van der Waals surface area contributed by atoms with Gasteiger partial charge in [0.1, 0.15) is 5.69 Å². The Balaban J connectivity index is 2.04. The summed E-state index contributed by atoms with van der Waals surface area (Å²) in [7, 11) is 1.41. The molecule has 0 saturated carbocycles. The summed E-state index contributed by atoms with van der Waals surface area (Å²) in [5.41, 5.74) is 4.24. The minimum atomic E-state index is -1.36. The quantitative estimate of drug-likeness (QED) is 0.668. The molecule has 128 valence electrons. The van der Waals surface area contributed by atoms with Crippen molar-refractivity contribution in [3.05, 3.63) is 46.8 Å². The zero-order valence-electron chi connectivity index (χ0n) is 14.4. The van der Waals surface area contributed by atoms with E-state index in [1.807, 2.05) is 24.3 Å². The zero-order valence-corrected chi connectivity index (χ0v) is 14.4. The Morgan fingerprint density at radius 3 is 2.64 bits per heavy atom. The number of Topliss-reactive ketones (excluding diaryl/α,β-unsaturated/α-hetero) is 1. The van der Waals surface area contributed by atoms with Crippen LogP contribution in [0.4, 0.5) is 0 Å². The molecule has 0 saturated heterocycles. The van der Waals surface area contributed by atoms with Crippen molar-refractivity contribution in [1.29, 1.82) is 5.26 Å². The first-order valence-electron chi connectivity index (χ1n) is 8.46. The van der Waals surface area contributed by atoms with Gasteiger partial charge in [-0.15, -0.1) is 0 Å². The Bertz CT molecular complexity index is 859. The smallest absolute Gasteiger partial charge is 0.245 e. The first kappa shape index (κ1) is 16.9. The number of aromatic nitrogens is 2. The number of nitrogens with one attached hydrogen (secondary N) is 1. The summed E-state index contributed by atoms with van der Waals surface area (Å²) < 4.78 is 1.79. The molecular formula is C19H20N4O2. The summed E-state index contributed by atoms with van der Waals surface area (Å²) in [6.45, 7) is 2.10. The first-order valence-corrected chi connectivity index (χ1v) is 8.46. The van der Waals surface area contributed by atoms with Crippen LogP contribution in [-0.2, 0) is 24.1 Å². The molecule has 1 aliphatic carbocycles. The molecule has 6 nitrogen and oxygen atoms in total. The molecule has 2 aromatic rings. The van der Waals surface area contributed by atoms with Crippen LogP contribution in [0.25, 0.3) is 5.69 Å². The maximum atomic E-state index is 12.7. The number of benzene rings is 1. The van der Waals surface area contributed by atoms with Crippen LogP contribution in [0, 0.1) is 17.2 Å². The van der Waals surface area contributed by atoms with Crippen molar-refractivity contribution in [2.24, 2.45) is 5.92 Å². The maximum Gasteiger partial charge on any atom is 0.245 e. The Kier molecular flexibility index (Phi) is 4.66. The zero-order chi connectivity index (χ0) is 18.0. The molecule has 0 aliphatic heterocycles. The highest BCUT2D eigenvalue weighted by atomic mass is 16.2. The van der Waals surface area contributed by atoms with Gasteiger partial charge in [0, 0.05) is 18.3 Å². The molecule has 1 aromatic heterocycles. The number of rotatable bonds is 5. The number of nitrogens with zero attached hydrogens (tertiary/aromatic N) is 3. The molecule has 1 amide bonds. The van der Waals surface area contributed by atoms with Gasteiger partial charge in [-0.2, -0.15) is 10.4 Å². The van der Waals surface area contributed by atoms with Crippen molar-refractivity contribution in [2.75, 3.05) is 7.05 Å². The average molecular weight is 336 g/mol. The third-order valence-corrected chi connectivity index (χ3v) is 4.65. The summed E-state index contributed by atoms with van der Waals surface area (Å²) in [6, 6.07) is 9.85. The number of carbonyl (C=O) groups is 2. The van der Waals surface area contributed by atoms with Gasteiger partial charge in [0.15, 0.2) is 5.92 Å². The maximum absolute atomic E-state index is 12.7. The number of hydrogen-bond acceptors (Lipinski definition) is 4. The fourth-order valence-electron chi connectivity index (χ4n) is 3.24. The predicted octanol–water partition coefficient (Wildman–Crippen LogP) is 1.99. The summed E-state index contributed by atoms with van der Waals surface area (Å²) in [5.74, 6) is -2.48. The van der Waals surface area contributed by atoms with Crippen LogP contribution in [-0.4, -0.2) is 28.5 Å². The van der Waals surface area contributed by atoms with Gasteiger partial charge in [0.2, 0.25) is 11.7 Å². The molecule has 0 radical (unpaired) electrons. The van der Waals surface area contributed by atoms with E-state index in [1.54, 1.807) is 10.8 Å². The van der Waals surface area contributed by atoms with Crippen LogP contribution in [0.2, 0.25) is 0 Å². The van der Waals surface area contributed by atoms with Crippen molar-refractivity contribution in [3.63, 3.8) is 0 Å². The summed E-state index contributed by atoms with van der Waals surface area (Å²) in [5, 5.41) is 16.1. The third kappa shape index (κ3) is 2.93. The molecule has 0 unspecified atom stereocenters. The topological polar surface area (TPSA) is 87.8 Å². The van der Waals surface area contributed by atoms with Crippen molar-refractivity contribution in [2.45, 2.75) is 32.6 Å². The van der Waals surface area contributed by atoms with Crippen molar-refractivity contribution >= 4 is 11.7 Å². The monoisotopic (exact) mass is 336 g/mol. The molecule has 0 spiro atoms. The van der Waals surface area contributed by atoms with E-state index in [0.717, 1.165) is 42.6 Å². The molecule has 0 bridgehead atoms. The second-order valence-corrected chi connectivity index (χ2v) is 6.10. The van der Waals surface area contributed by atoms with Crippen LogP contribution in [0.15, 0.2) is 24.3 Å². The fourth-order valence-corrected chi connectivity index (χ4v) is 3.24. The van der Waals surface area contributed by atoms with E-state index in [4.69, 9.17) is 0 Å². The van der Waals surface area contributed by atoms with Gasteiger partial charge < -0.3 is 5.32 Å². The molecule has 1 N–H and O–H groups in total. The summed E-state index contributed by atoms with van der Waals surface area (Å²) >= 11 is 0. The highest BCUT2D eigenvalue weighted by Crippen LogP contribution is 2.29. The number of fused-ring (bicyclic) bond motifs is 1. The van der Waals surface area contributed by atoms with Gasteiger partial charge in [-0.25, -0.2) is 4.68 Å². The van der Waals surface area contributed by atoms with Crippen LogP contribution in [0.3, 0.4) is 0 Å². The van der Waals surface area contributed by atoms with Gasteiger partial charge in [0.05, 0.1) is 11.8 Å². The lowest BCUT2D eigenvalue weighted by Gasteiger charge is -2.07. The van der Waals surface area contributed by atoms with E-state index >= 15 is 0 Å². The normalized spacial score (nSPS) is 13.8. The standard InChI is InChI=1S/C19H20N4O2/c1-3-12-7-9-13(10-8-12)23-16-6-4-5-14(16)17(22-23)18(24)15(11-20)19(25)21-2/h7-10,15H,3-6H2,1-2H3,(H,21,25)/t15-/m0/s1. The highest BCUT2D eigenvalue weighted by Gasteiger charge is 2.34. The number of carbonyl (C=O) groups excluding carboxylic acids is 2. The van der Waals surface area contributed by atoms with Crippen molar-refractivity contribution in [1.82, 2.24) is 15.1 Å². The second kappa shape index (κ2) is 6.89. The van der Waals surface area contributed by atoms with E-state index < -0.39 is 17.6 Å². The van der Waals surface area contributed by atoms with Gasteiger partial charge in [0.25, 0.3) is 0 Å². The summed E-state index contributed by atoms with van der Waals surface area (Å²) in [4.78, 5) is 24.5. The SMILES string of the molecule is CCc1ccc(-n2nc(C(=O)[C@H](C#N)C(=O)NC)c3c2CCC3)cc1. The predicted molar refractivity (Wildman–Crippen MR) is 92.5 cm³/mol. The average Bonchev–Trinajstić information content (AvgIpc) is 3.24. The van der Waals surface area contributed by atoms with E-state index in [2.05, 4.69) is 17.3 Å². The molecule has 6 heteroatoms. The number of hydrogen-bond donors (Lipinski definition) is 1. The van der Waals surface area contributed by atoms with E-state index in [1.165, 1.54) is 12.6 Å². The molecule has 1 heterocycles. The van der Waals surface area contributed by atoms with E-state index in [0.29, 0.717) is 0 Å². The van der Waals surface area contributed by atoms with E-state index in [-0.39, 0.29) is 5.69 Å². The van der Waals surface area contributed by atoms with Gasteiger partial charge in [-0.1, -0.05) is 19.1 Å². The molecular weight excluding hydrogens is 316 g/mol. The van der Waals surface area contributed by atoms with Gasteiger partial charge >= 0.3 is 0 Å². The van der Waals surface area contributed by atoms with Crippen LogP contribution in [0.1, 0.15) is 40.7 Å². The molecule has 1 aliphatic rings. The molecule has 25 heavy (non-hydrogen) atoms. The Morgan fingerprint density at radius 2 is 2.04 bits per heavy atom. The van der Waals surface area contributed by atoms with Crippen LogP contribution < -0.4 is 5.32 Å². The third-order valence-electron chi connectivity index (χ3n) is 4.65. The van der Waals surface area contributed by atoms with Crippen LogP contribution in [0.5, 0.6) is 0 Å². The number of nitriles is 1. The van der Waals surface area contributed by atoms with Crippen molar-refractivity contribution < 1.29 is 9.59 Å². The number of amides is 1. The van der Waals surface area contributed by atoms with Gasteiger partial charge in [-0.05, 0) is 43.4 Å². The lowest BCUT2D eigenvalue weighted by molar-refractivity contribution is -0.121. The van der Waals surface area contributed by atoms with Gasteiger partial charge in [-0.3, -0.25) is 9.59 Å².